The first-order chi connectivity index (χ1) is 15.3. The van der Waals surface area contributed by atoms with E-state index in [4.69, 9.17) is 0 Å². The number of nitroso groups, excluding NO2 is 1. The summed E-state index contributed by atoms with van der Waals surface area (Å²) in [5, 5.41) is 37.7. The van der Waals surface area contributed by atoms with Gasteiger partial charge in [0.1, 0.15) is 17.1 Å². The Morgan fingerprint density at radius 2 is 1.44 bits per heavy atom. The van der Waals surface area contributed by atoms with Gasteiger partial charge in [0.05, 0.1) is 33.8 Å². The normalized spacial score (nSPS) is 12.1. The Balaban J connectivity index is 1.82. The molecule has 3 N–H and O–H groups in total. The third-order valence-corrected chi connectivity index (χ3v) is 5.17. The number of rotatable bonds is 6. The Labute approximate surface area is 180 Å². The summed E-state index contributed by atoms with van der Waals surface area (Å²) >= 11 is 0. The molecule has 3 aromatic rings. The van der Waals surface area contributed by atoms with E-state index in [1.807, 2.05) is 0 Å². The molecule has 0 radical (unpaired) electrons. The van der Waals surface area contributed by atoms with Crippen LogP contribution < -0.4 is 5.32 Å². The Morgan fingerprint density at radius 1 is 0.844 bits per heavy atom. The molecule has 1 aliphatic rings. The van der Waals surface area contributed by atoms with Crippen molar-refractivity contribution in [2.75, 3.05) is 11.9 Å². The lowest BCUT2D eigenvalue weighted by Gasteiger charge is -2.22. The second kappa shape index (κ2) is 7.91. The molecule has 0 aromatic heterocycles. The Kier molecular flexibility index (Phi) is 5.11. The van der Waals surface area contributed by atoms with E-state index in [1.165, 1.54) is 12.1 Å². The molecule has 4 rings (SSSR count). The molecule has 10 heteroatoms. The predicted octanol–water partition coefficient (Wildman–Crippen LogP) is 3.83. The van der Waals surface area contributed by atoms with E-state index in [2.05, 4.69) is 10.5 Å². The lowest BCUT2D eigenvalue weighted by molar-refractivity contribution is -0.385. The van der Waals surface area contributed by atoms with E-state index < -0.39 is 44.8 Å². The second-order valence-electron chi connectivity index (χ2n) is 7.08. The van der Waals surface area contributed by atoms with E-state index >= 15 is 0 Å². The third-order valence-electron chi connectivity index (χ3n) is 5.17. The van der Waals surface area contributed by atoms with Crippen LogP contribution in [0.3, 0.4) is 0 Å². The second-order valence-corrected chi connectivity index (χ2v) is 7.08. The van der Waals surface area contributed by atoms with Crippen LogP contribution in [0.5, 0.6) is 11.5 Å². The van der Waals surface area contributed by atoms with Gasteiger partial charge in [-0.25, -0.2) is 0 Å². The van der Waals surface area contributed by atoms with Gasteiger partial charge >= 0.3 is 0 Å². The molecule has 160 valence electrons. The summed E-state index contributed by atoms with van der Waals surface area (Å²) in [5.74, 6) is -2.84. The van der Waals surface area contributed by atoms with Crippen molar-refractivity contribution in [3.8, 4) is 11.5 Å². The van der Waals surface area contributed by atoms with Crippen LogP contribution in [0.15, 0.2) is 53.7 Å². The molecule has 0 saturated carbocycles. The molecular formula is C22H15N3O7. The number of fused-ring (bicyclic) bond motifs is 2. The van der Waals surface area contributed by atoms with Crippen molar-refractivity contribution in [3.63, 3.8) is 0 Å². The standard InChI is InChI=1S/C22H15N3O7/c26-15-7-5-13(24-12-3-1-11(2-4-12)9-10-23-30)17-19(15)22(29)20-16(27)8-6-14(25(31)32)18(20)21(17)28/h1-8,24,26-27H,9-10H2. The number of ketones is 2. The molecule has 1 aliphatic carbocycles. The van der Waals surface area contributed by atoms with Gasteiger partial charge in [0.2, 0.25) is 11.6 Å². The lowest BCUT2D eigenvalue weighted by atomic mass is 9.81. The zero-order valence-corrected chi connectivity index (χ0v) is 16.4. The first-order valence-electron chi connectivity index (χ1n) is 9.44. The monoisotopic (exact) mass is 433 g/mol. The number of hydrogen-bond acceptors (Lipinski definition) is 9. The first kappa shape index (κ1) is 20.7. The molecule has 0 saturated heterocycles. The Morgan fingerprint density at radius 3 is 2.06 bits per heavy atom. The molecule has 0 heterocycles. The molecule has 0 atom stereocenters. The summed E-state index contributed by atoms with van der Waals surface area (Å²) in [6.07, 6.45) is 0.468. The highest BCUT2D eigenvalue weighted by Crippen LogP contribution is 2.43. The van der Waals surface area contributed by atoms with Crippen molar-refractivity contribution in [1.29, 1.82) is 0 Å². The van der Waals surface area contributed by atoms with Crippen LogP contribution in [-0.4, -0.2) is 33.2 Å². The van der Waals surface area contributed by atoms with E-state index in [9.17, 15) is 34.8 Å². The van der Waals surface area contributed by atoms with Crippen LogP contribution in [0.1, 0.15) is 37.4 Å². The van der Waals surface area contributed by atoms with Crippen LogP contribution in [-0.2, 0) is 6.42 Å². The molecule has 0 fully saturated rings. The Bertz CT molecular complexity index is 1300. The van der Waals surface area contributed by atoms with Crippen LogP contribution >= 0.6 is 0 Å². The highest BCUT2D eigenvalue weighted by Gasteiger charge is 2.40. The van der Waals surface area contributed by atoms with E-state index in [1.54, 1.807) is 24.3 Å². The minimum Gasteiger partial charge on any atom is -0.507 e. The van der Waals surface area contributed by atoms with Gasteiger partial charge in [-0.05, 0) is 42.3 Å². The molecule has 0 bridgehead atoms. The van der Waals surface area contributed by atoms with Gasteiger partial charge in [0.15, 0.2) is 0 Å². The number of nitrogens with zero attached hydrogens (tertiary/aromatic N) is 2. The highest BCUT2D eigenvalue weighted by atomic mass is 16.6. The van der Waals surface area contributed by atoms with Gasteiger partial charge in [-0.3, -0.25) is 19.7 Å². The van der Waals surface area contributed by atoms with Gasteiger partial charge in [0.25, 0.3) is 5.69 Å². The van der Waals surface area contributed by atoms with Crippen LogP contribution in [0, 0.1) is 15.0 Å². The number of carbonyl (C=O) groups excluding carboxylic acids is 2. The number of benzene rings is 3. The minimum absolute atomic E-state index is 0.139. The van der Waals surface area contributed by atoms with E-state index in [0.717, 1.165) is 17.7 Å². The fourth-order valence-electron chi connectivity index (χ4n) is 3.69. The Hall–Kier alpha value is -4.60. The number of nitro benzene ring substituents is 1. The number of nitrogens with one attached hydrogen (secondary N) is 1. The molecule has 3 aromatic carbocycles. The van der Waals surface area contributed by atoms with E-state index in [0.29, 0.717) is 12.1 Å². The van der Waals surface area contributed by atoms with Crippen LogP contribution in [0.2, 0.25) is 0 Å². The van der Waals surface area contributed by atoms with E-state index in [-0.39, 0.29) is 23.4 Å². The number of aromatic hydroxyl groups is 2. The number of nitro groups is 1. The SMILES string of the molecule is O=NCCc1ccc(Nc2ccc(O)c3c2C(=O)c2c([N+](=O)[O-])ccc(O)c2C3=O)cc1. The zero-order chi connectivity index (χ0) is 23.0. The fraction of sp³-hybridized carbons (Fsp3) is 0.0909. The summed E-state index contributed by atoms with van der Waals surface area (Å²) in [4.78, 5) is 47.3. The molecule has 0 amide bonds. The largest absolute Gasteiger partial charge is 0.507 e. The minimum atomic E-state index is -0.895. The molecule has 32 heavy (non-hydrogen) atoms. The number of anilines is 2. The number of hydrogen-bond donors (Lipinski definition) is 3. The average molecular weight is 433 g/mol. The quantitative estimate of drug-likeness (QED) is 0.179. The average Bonchev–Trinajstić information content (AvgIpc) is 2.77. The highest BCUT2D eigenvalue weighted by molar-refractivity contribution is 6.33. The van der Waals surface area contributed by atoms with Crippen molar-refractivity contribution in [2.24, 2.45) is 5.18 Å². The van der Waals surface area contributed by atoms with Gasteiger partial charge in [0, 0.05) is 11.8 Å². The number of carbonyl (C=O) groups is 2. The van der Waals surface area contributed by atoms with Crippen LogP contribution in [0.4, 0.5) is 17.1 Å². The maximum Gasteiger partial charge on any atom is 0.281 e. The number of phenolic OH excluding ortho intramolecular Hbond substituents is 2. The molecule has 0 spiro atoms. The van der Waals surface area contributed by atoms with Gasteiger partial charge in [-0.2, -0.15) is 4.91 Å². The van der Waals surface area contributed by atoms with Crippen molar-refractivity contribution in [2.45, 2.75) is 6.42 Å². The van der Waals surface area contributed by atoms with Crippen molar-refractivity contribution in [3.05, 3.63) is 91.4 Å². The molecule has 10 nitrogen and oxygen atoms in total. The molecule has 0 unspecified atom stereocenters. The zero-order valence-electron chi connectivity index (χ0n) is 16.4. The molecule has 0 aliphatic heterocycles. The summed E-state index contributed by atoms with van der Waals surface area (Å²) in [6, 6.07) is 11.4. The van der Waals surface area contributed by atoms with Gasteiger partial charge in [-0.1, -0.05) is 17.3 Å². The maximum absolute atomic E-state index is 13.3. The topological polar surface area (TPSA) is 159 Å². The molecular weight excluding hydrogens is 418 g/mol. The van der Waals surface area contributed by atoms with Crippen LogP contribution in [0.25, 0.3) is 0 Å². The van der Waals surface area contributed by atoms with Gasteiger partial charge in [-0.15, -0.1) is 0 Å². The third kappa shape index (κ3) is 3.33. The summed E-state index contributed by atoms with van der Waals surface area (Å²) in [7, 11) is 0. The van der Waals surface area contributed by atoms with Gasteiger partial charge < -0.3 is 15.5 Å². The fourth-order valence-corrected chi connectivity index (χ4v) is 3.69. The van der Waals surface area contributed by atoms with Crippen molar-refractivity contribution in [1.82, 2.24) is 0 Å². The predicted molar refractivity (Wildman–Crippen MR) is 114 cm³/mol. The summed E-state index contributed by atoms with van der Waals surface area (Å²) < 4.78 is 0. The van der Waals surface area contributed by atoms with Crippen molar-refractivity contribution < 1.29 is 24.7 Å². The lowest BCUT2D eigenvalue weighted by Crippen LogP contribution is -2.23. The smallest absolute Gasteiger partial charge is 0.281 e. The van der Waals surface area contributed by atoms with Crippen molar-refractivity contribution >= 4 is 28.6 Å². The number of phenols is 2. The first-order valence-corrected chi connectivity index (χ1v) is 9.44. The summed E-state index contributed by atoms with van der Waals surface area (Å²) in [5.41, 5.74) is -0.685. The summed E-state index contributed by atoms with van der Waals surface area (Å²) in [6.45, 7) is 0.139. The maximum atomic E-state index is 13.3.